The van der Waals surface area contributed by atoms with E-state index in [1.54, 1.807) is 23.5 Å². The Balaban J connectivity index is 1.47. The van der Waals surface area contributed by atoms with Crippen LogP contribution in [0.1, 0.15) is 21.8 Å². The molecule has 2 heterocycles. The van der Waals surface area contributed by atoms with Crippen molar-refractivity contribution in [3.05, 3.63) is 53.2 Å². The van der Waals surface area contributed by atoms with Gasteiger partial charge in [-0.1, -0.05) is 12.1 Å². The van der Waals surface area contributed by atoms with Crippen LogP contribution in [0.5, 0.6) is 5.88 Å². The maximum atomic E-state index is 11.9. The van der Waals surface area contributed by atoms with Crippen LogP contribution in [0, 0.1) is 0 Å². The summed E-state index contributed by atoms with van der Waals surface area (Å²) in [5.41, 5.74) is 1.44. The summed E-state index contributed by atoms with van der Waals surface area (Å²) in [6, 6.07) is 11.3. The molecule has 0 aliphatic heterocycles. The molecule has 2 aromatic heterocycles. The number of aromatic nitrogens is 2. The third-order valence-electron chi connectivity index (χ3n) is 3.29. The van der Waals surface area contributed by atoms with Crippen molar-refractivity contribution in [1.82, 2.24) is 9.97 Å². The SMILES string of the molecule is COc1ccc(C(=O)OCCCc2nc3ccccc3s2)cn1. The van der Waals surface area contributed by atoms with Gasteiger partial charge in [0.05, 0.1) is 34.5 Å². The molecule has 1 aromatic carbocycles. The Labute approximate surface area is 137 Å². The maximum Gasteiger partial charge on any atom is 0.339 e. The summed E-state index contributed by atoms with van der Waals surface area (Å²) >= 11 is 1.68. The van der Waals surface area contributed by atoms with E-state index in [1.165, 1.54) is 18.0 Å². The zero-order chi connectivity index (χ0) is 16.1. The first-order chi connectivity index (χ1) is 11.3. The van der Waals surface area contributed by atoms with Crippen LogP contribution in [0.25, 0.3) is 10.2 Å². The van der Waals surface area contributed by atoms with E-state index in [-0.39, 0.29) is 5.97 Å². The first kappa shape index (κ1) is 15.4. The average Bonchev–Trinajstić information content (AvgIpc) is 3.01. The van der Waals surface area contributed by atoms with Crippen LogP contribution in [0.3, 0.4) is 0 Å². The van der Waals surface area contributed by atoms with Gasteiger partial charge in [-0.3, -0.25) is 0 Å². The van der Waals surface area contributed by atoms with E-state index in [9.17, 15) is 4.79 Å². The lowest BCUT2D eigenvalue weighted by Crippen LogP contribution is -2.07. The van der Waals surface area contributed by atoms with Crippen LogP contribution in [0.15, 0.2) is 42.6 Å². The number of hydrogen-bond donors (Lipinski definition) is 0. The number of rotatable bonds is 6. The quantitative estimate of drug-likeness (QED) is 0.512. The van der Waals surface area contributed by atoms with Gasteiger partial charge in [-0.2, -0.15) is 0 Å². The first-order valence-corrected chi connectivity index (χ1v) is 8.09. The van der Waals surface area contributed by atoms with Crippen LogP contribution in [-0.2, 0) is 11.2 Å². The van der Waals surface area contributed by atoms with Crippen molar-refractivity contribution in [3.8, 4) is 5.88 Å². The number of ether oxygens (including phenoxy) is 2. The van der Waals surface area contributed by atoms with Crippen LogP contribution < -0.4 is 4.74 Å². The van der Waals surface area contributed by atoms with E-state index in [0.29, 0.717) is 18.1 Å². The van der Waals surface area contributed by atoms with Crippen LogP contribution >= 0.6 is 11.3 Å². The zero-order valence-corrected chi connectivity index (χ0v) is 13.5. The van der Waals surface area contributed by atoms with Crippen molar-refractivity contribution in [2.75, 3.05) is 13.7 Å². The standard InChI is InChI=1S/C17H16N2O3S/c1-21-15-9-8-12(11-18-15)17(20)22-10-4-7-16-19-13-5-2-3-6-14(13)23-16/h2-3,5-6,8-9,11H,4,7,10H2,1H3. The van der Waals surface area contributed by atoms with Crippen LogP contribution in [0.4, 0.5) is 0 Å². The van der Waals surface area contributed by atoms with E-state index >= 15 is 0 Å². The van der Waals surface area contributed by atoms with Gasteiger partial charge < -0.3 is 9.47 Å². The highest BCUT2D eigenvalue weighted by Crippen LogP contribution is 2.22. The number of pyridine rings is 1. The van der Waals surface area contributed by atoms with E-state index in [1.807, 2.05) is 18.2 Å². The molecule has 0 fully saturated rings. The lowest BCUT2D eigenvalue weighted by atomic mass is 10.3. The van der Waals surface area contributed by atoms with Gasteiger partial charge in [0.2, 0.25) is 5.88 Å². The third kappa shape index (κ3) is 3.84. The van der Waals surface area contributed by atoms with Crippen LogP contribution in [-0.4, -0.2) is 29.7 Å². The number of thiazole rings is 1. The van der Waals surface area contributed by atoms with Gasteiger partial charge in [-0.15, -0.1) is 11.3 Å². The normalized spacial score (nSPS) is 10.7. The van der Waals surface area contributed by atoms with Gasteiger partial charge in [0.15, 0.2) is 0 Å². The monoisotopic (exact) mass is 328 g/mol. The molecular weight excluding hydrogens is 312 g/mol. The maximum absolute atomic E-state index is 11.9. The summed E-state index contributed by atoms with van der Waals surface area (Å²) in [7, 11) is 1.53. The second-order valence-corrected chi connectivity index (χ2v) is 6.02. The third-order valence-corrected chi connectivity index (χ3v) is 4.38. The number of methoxy groups -OCH3 is 1. The van der Waals surface area contributed by atoms with Crippen molar-refractivity contribution in [3.63, 3.8) is 0 Å². The number of nitrogens with zero attached hydrogens (tertiary/aromatic N) is 2. The number of hydrogen-bond acceptors (Lipinski definition) is 6. The molecular formula is C17H16N2O3S. The molecule has 0 bridgehead atoms. The van der Waals surface area contributed by atoms with E-state index in [2.05, 4.69) is 16.0 Å². The van der Waals surface area contributed by atoms with E-state index in [4.69, 9.17) is 9.47 Å². The Bertz CT molecular complexity index is 766. The van der Waals surface area contributed by atoms with Gasteiger partial charge in [-0.05, 0) is 24.6 Å². The molecule has 3 aromatic rings. The summed E-state index contributed by atoms with van der Waals surface area (Å²) in [5, 5.41) is 1.06. The fourth-order valence-corrected chi connectivity index (χ4v) is 3.13. The number of esters is 1. The molecule has 0 unspecified atom stereocenters. The van der Waals surface area contributed by atoms with Crippen molar-refractivity contribution >= 4 is 27.5 Å². The number of fused-ring (bicyclic) bond motifs is 1. The molecule has 0 spiro atoms. The van der Waals surface area contributed by atoms with Gasteiger partial charge in [-0.25, -0.2) is 14.8 Å². The van der Waals surface area contributed by atoms with Crippen LogP contribution in [0.2, 0.25) is 0 Å². The minimum atomic E-state index is -0.371. The Morgan fingerprint density at radius 3 is 2.83 bits per heavy atom. The van der Waals surface area contributed by atoms with Crippen molar-refractivity contribution in [1.29, 1.82) is 0 Å². The number of carbonyl (C=O) groups excluding carboxylic acids is 1. The van der Waals surface area contributed by atoms with Crippen molar-refractivity contribution in [2.45, 2.75) is 12.8 Å². The number of benzene rings is 1. The number of para-hydroxylation sites is 1. The summed E-state index contributed by atoms with van der Waals surface area (Å²) in [5.74, 6) is 0.0989. The second kappa shape index (κ2) is 7.19. The summed E-state index contributed by atoms with van der Waals surface area (Å²) < 4.78 is 11.4. The molecule has 0 aliphatic rings. The summed E-state index contributed by atoms with van der Waals surface area (Å²) in [6.07, 6.45) is 3.00. The molecule has 0 aliphatic carbocycles. The van der Waals surface area contributed by atoms with Crippen molar-refractivity contribution in [2.24, 2.45) is 0 Å². The Hall–Kier alpha value is -2.47. The lowest BCUT2D eigenvalue weighted by molar-refractivity contribution is 0.0500. The molecule has 0 N–H and O–H groups in total. The van der Waals surface area contributed by atoms with Gasteiger partial charge in [0, 0.05) is 18.7 Å². The summed E-state index contributed by atoms with van der Waals surface area (Å²) in [6.45, 7) is 0.362. The fraction of sp³-hybridized carbons (Fsp3) is 0.235. The van der Waals surface area contributed by atoms with E-state index in [0.717, 1.165) is 23.4 Å². The Morgan fingerprint density at radius 1 is 1.22 bits per heavy atom. The van der Waals surface area contributed by atoms with Gasteiger partial charge in [0.25, 0.3) is 0 Å². The summed E-state index contributed by atoms with van der Waals surface area (Å²) in [4.78, 5) is 20.4. The molecule has 0 saturated heterocycles. The van der Waals surface area contributed by atoms with Gasteiger partial charge >= 0.3 is 5.97 Å². The highest BCUT2D eigenvalue weighted by atomic mass is 32.1. The molecule has 3 rings (SSSR count). The largest absolute Gasteiger partial charge is 0.481 e. The highest BCUT2D eigenvalue weighted by Gasteiger charge is 2.08. The molecule has 5 nitrogen and oxygen atoms in total. The predicted octanol–water partition coefficient (Wildman–Crippen LogP) is 3.49. The average molecular weight is 328 g/mol. The van der Waals surface area contributed by atoms with E-state index < -0.39 is 0 Å². The molecule has 0 radical (unpaired) electrons. The number of aryl methyl sites for hydroxylation is 1. The first-order valence-electron chi connectivity index (χ1n) is 7.28. The fourth-order valence-electron chi connectivity index (χ4n) is 2.12. The Morgan fingerprint density at radius 2 is 2.09 bits per heavy atom. The molecule has 118 valence electrons. The van der Waals surface area contributed by atoms with Crippen molar-refractivity contribution < 1.29 is 14.3 Å². The predicted molar refractivity (Wildman–Crippen MR) is 89.0 cm³/mol. The van der Waals surface area contributed by atoms with Gasteiger partial charge in [0.1, 0.15) is 0 Å². The molecule has 23 heavy (non-hydrogen) atoms. The lowest BCUT2D eigenvalue weighted by Gasteiger charge is -2.04. The Kier molecular flexibility index (Phi) is 4.83. The minimum Gasteiger partial charge on any atom is -0.481 e. The smallest absolute Gasteiger partial charge is 0.339 e. The molecule has 0 amide bonds. The number of carbonyl (C=O) groups is 1. The second-order valence-electron chi connectivity index (χ2n) is 4.90. The topological polar surface area (TPSA) is 61.3 Å². The molecule has 0 saturated carbocycles. The highest BCUT2D eigenvalue weighted by molar-refractivity contribution is 7.18. The molecule has 6 heteroatoms. The molecule has 0 atom stereocenters. The zero-order valence-electron chi connectivity index (χ0n) is 12.7. The minimum absolute atomic E-state index is 0.362.